The largest absolute Gasteiger partial charge is 0.496 e. The fourth-order valence-corrected chi connectivity index (χ4v) is 3.61. The van der Waals surface area contributed by atoms with E-state index in [0.29, 0.717) is 13.0 Å². The molecule has 9 heteroatoms. The number of carbonyl (C=O) groups excluding carboxylic acids is 2. The second-order valence-corrected chi connectivity index (χ2v) is 6.90. The van der Waals surface area contributed by atoms with Gasteiger partial charge in [0.2, 0.25) is 15.9 Å². The fraction of sp³-hybridized carbons (Fsp3) is 0.429. The first-order valence-electron chi connectivity index (χ1n) is 7.13. The number of sulfonamides is 1. The van der Waals surface area contributed by atoms with Crippen LogP contribution in [0.2, 0.25) is 0 Å². The van der Waals surface area contributed by atoms with Gasteiger partial charge in [0.25, 0.3) is 5.91 Å². The first-order valence-corrected chi connectivity index (χ1v) is 8.61. The molecule has 0 aromatic heterocycles. The number of hydrogen-bond acceptors (Lipinski definition) is 5. The molecular weight excluding hydrogens is 322 g/mol. The molecule has 2 rings (SSSR count). The van der Waals surface area contributed by atoms with Crippen LogP contribution in [0.15, 0.2) is 23.1 Å². The van der Waals surface area contributed by atoms with Crippen molar-refractivity contribution in [2.45, 2.75) is 30.2 Å². The van der Waals surface area contributed by atoms with E-state index >= 15 is 0 Å². The van der Waals surface area contributed by atoms with E-state index in [1.807, 2.05) is 0 Å². The number of nitrogens with two attached hydrogens (primary N) is 1. The molecule has 1 aromatic carbocycles. The smallest absolute Gasteiger partial charge is 0.252 e. The lowest BCUT2D eigenvalue weighted by Crippen LogP contribution is -2.45. The normalized spacial score (nSPS) is 18.8. The van der Waals surface area contributed by atoms with Crippen molar-refractivity contribution in [3.8, 4) is 5.75 Å². The van der Waals surface area contributed by atoms with Gasteiger partial charge in [-0.25, -0.2) is 8.42 Å². The average Bonchev–Trinajstić information content (AvgIpc) is 2.71. The van der Waals surface area contributed by atoms with Gasteiger partial charge < -0.3 is 15.8 Å². The molecule has 1 aromatic rings. The summed E-state index contributed by atoms with van der Waals surface area (Å²) in [6.45, 7) is 0.533. The Balaban J connectivity index is 2.30. The minimum absolute atomic E-state index is 0.0410. The first-order chi connectivity index (χ1) is 10.8. The number of methoxy groups -OCH3 is 1. The molecule has 1 saturated heterocycles. The van der Waals surface area contributed by atoms with Gasteiger partial charge in [-0.2, -0.15) is 4.72 Å². The van der Waals surface area contributed by atoms with Crippen molar-refractivity contribution in [1.82, 2.24) is 10.0 Å². The average molecular weight is 341 g/mol. The number of nitrogens with one attached hydrogen (secondary N) is 2. The highest BCUT2D eigenvalue weighted by Gasteiger charge is 2.27. The molecule has 23 heavy (non-hydrogen) atoms. The van der Waals surface area contributed by atoms with Gasteiger partial charge in [0.05, 0.1) is 17.6 Å². The number of amides is 2. The summed E-state index contributed by atoms with van der Waals surface area (Å²) in [6, 6.07) is 2.95. The fourth-order valence-electron chi connectivity index (χ4n) is 2.35. The van der Waals surface area contributed by atoms with Gasteiger partial charge in [-0.15, -0.1) is 0 Å². The summed E-state index contributed by atoms with van der Waals surface area (Å²) in [5, 5.41) is 2.66. The Labute approximate surface area is 134 Å². The van der Waals surface area contributed by atoms with Gasteiger partial charge in [-0.1, -0.05) is 0 Å². The van der Waals surface area contributed by atoms with Gasteiger partial charge in [0.1, 0.15) is 11.8 Å². The predicted molar refractivity (Wildman–Crippen MR) is 82.5 cm³/mol. The van der Waals surface area contributed by atoms with Crippen molar-refractivity contribution >= 4 is 21.8 Å². The molecule has 1 aliphatic heterocycles. The quantitative estimate of drug-likeness (QED) is 0.680. The van der Waals surface area contributed by atoms with Gasteiger partial charge in [-0.05, 0) is 37.5 Å². The molecule has 0 aliphatic carbocycles. The van der Waals surface area contributed by atoms with Crippen molar-refractivity contribution in [1.29, 1.82) is 0 Å². The zero-order valence-corrected chi connectivity index (χ0v) is 13.5. The van der Waals surface area contributed by atoms with Gasteiger partial charge in [0, 0.05) is 6.54 Å². The zero-order valence-electron chi connectivity index (χ0n) is 12.7. The minimum atomic E-state index is -3.96. The molecule has 4 N–H and O–H groups in total. The van der Waals surface area contributed by atoms with Crippen LogP contribution in [0.1, 0.15) is 29.6 Å². The molecule has 1 fully saturated rings. The summed E-state index contributed by atoms with van der Waals surface area (Å²) in [4.78, 5) is 23.1. The maximum absolute atomic E-state index is 12.4. The monoisotopic (exact) mass is 341 g/mol. The molecule has 2 amide bonds. The Kier molecular flexibility index (Phi) is 5.22. The van der Waals surface area contributed by atoms with E-state index in [9.17, 15) is 18.0 Å². The lowest BCUT2D eigenvalue weighted by Gasteiger charge is -2.16. The summed E-state index contributed by atoms with van der Waals surface area (Å²) < 4.78 is 32.2. The van der Waals surface area contributed by atoms with Gasteiger partial charge in [0.15, 0.2) is 0 Å². The summed E-state index contributed by atoms with van der Waals surface area (Å²) >= 11 is 0. The Hall–Kier alpha value is -2.13. The van der Waals surface area contributed by atoms with Crippen molar-refractivity contribution < 1.29 is 22.7 Å². The van der Waals surface area contributed by atoms with E-state index in [4.69, 9.17) is 10.5 Å². The van der Waals surface area contributed by atoms with E-state index in [1.54, 1.807) is 0 Å². The lowest BCUT2D eigenvalue weighted by molar-refractivity contribution is -0.122. The number of carbonyl (C=O) groups is 2. The van der Waals surface area contributed by atoms with Crippen LogP contribution in [0.3, 0.4) is 0 Å². The zero-order chi connectivity index (χ0) is 17.0. The van der Waals surface area contributed by atoms with Crippen molar-refractivity contribution in [2.75, 3.05) is 13.7 Å². The second kappa shape index (κ2) is 6.97. The van der Waals surface area contributed by atoms with E-state index in [0.717, 1.165) is 18.9 Å². The third-order valence-corrected chi connectivity index (χ3v) is 5.05. The molecule has 1 aliphatic rings. The molecule has 1 heterocycles. The van der Waals surface area contributed by atoms with E-state index in [-0.39, 0.29) is 22.1 Å². The molecule has 126 valence electrons. The number of benzene rings is 1. The molecular formula is C14H19N3O5S. The highest BCUT2D eigenvalue weighted by molar-refractivity contribution is 7.89. The SMILES string of the molecule is COc1ccc(S(=O)(=O)N[C@H]2CCCCNC2=O)cc1C(N)=O. The maximum Gasteiger partial charge on any atom is 0.252 e. The van der Waals surface area contributed by atoms with E-state index in [1.165, 1.54) is 19.2 Å². The van der Waals surface area contributed by atoms with Crippen LogP contribution in [-0.2, 0) is 14.8 Å². The Morgan fingerprint density at radius 1 is 1.39 bits per heavy atom. The van der Waals surface area contributed by atoms with Crippen LogP contribution in [0.4, 0.5) is 0 Å². The summed E-state index contributed by atoms with van der Waals surface area (Å²) in [6.07, 6.45) is 1.96. The Morgan fingerprint density at radius 3 is 2.78 bits per heavy atom. The molecule has 0 saturated carbocycles. The molecule has 8 nitrogen and oxygen atoms in total. The van der Waals surface area contributed by atoms with Crippen molar-refractivity contribution in [2.24, 2.45) is 5.73 Å². The Bertz CT molecular complexity index is 717. The van der Waals surface area contributed by atoms with E-state index < -0.39 is 22.0 Å². The van der Waals surface area contributed by atoms with Crippen LogP contribution in [-0.4, -0.2) is 39.9 Å². The van der Waals surface area contributed by atoms with Crippen molar-refractivity contribution in [3.05, 3.63) is 23.8 Å². The van der Waals surface area contributed by atoms with Crippen LogP contribution in [0.25, 0.3) is 0 Å². The standard InChI is InChI=1S/C14H19N3O5S/c1-22-12-6-5-9(8-10(12)13(15)18)23(20,21)17-11-4-2-3-7-16-14(11)19/h5-6,8,11,17H,2-4,7H2,1H3,(H2,15,18)(H,16,19)/t11-/m0/s1. The number of primary amides is 1. The van der Waals surface area contributed by atoms with Crippen LogP contribution >= 0.6 is 0 Å². The van der Waals surface area contributed by atoms with Gasteiger partial charge >= 0.3 is 0 Å². The summed E-state index contributed by atoms with van der Waals surface area (Å²) in [7, 11) is -2.61. The number of ether oxygens (including phenoxy) is 1. The first kappa shape index (κ1) is 17.2. The highest BCUT2D eigenvalue weighted by atomic mass is 32.2. The number of rotatable bonds is 5. The highest BCUT2D eigenvalue weighted by Crippen LogP contribution is 2.22. The van der Waals surface area contributed by atoms with Gasteiger partial charge in [-0.3, -0.25) is 9.59 Å². The van der Waals surface area contributed by atoms with Crippen LogP contribution in [0.5, 0.6) is 5.75 Å². The van der Waals surface area contributed by atoms with Crippen LogP contribution < -0.4 is 20.5 Å². The van der Waals surface area contributed by atoms with E-state index in [2.05, 4.69) is 10.0 Å². The lowest BCUT2D eigenvalue weighted by atomic mass is 10.1. The third-order valence-electron chi connectivity index (χ3n) is 3.58. The molecule has 0 bridgehead atoms. The predicted octanol–water partition coefficient (Wildman–Crippen LogP) is -0.259. The molecule has 0 unspecified atom stereocenters. The minimum Gasteiger partial charge on any atom is -0.496 e. The number of hydrogen-bond donors (Lipinski definition) is 3. The summed E-state index contributed by atoms with van der Waals surface area (Å²) in [5.74, 6) is -0.968. The second-order valence-electron chi connectivity index (χ2n) is 5.19. The maximum atomic E-state index is 12.4. The third kappa shape index (κ3) is 3.99. The molecule has 1 atom stereocenters. The topological polar surface area (TPSA) is 128 Å². The molecule has 0 radical (unpaired) electrons. The molecule has 0 spiro atoms. The summed E-state index contributed by atoms with van der Waals surface area (Å²) in [5.41, 5.74) is 5.19. The van der Waals surface area contributed by atoms with Crippen LogP contribution in [0, 0.1) is 0 Å². The van der Waals surface area contributed by atoms with Crippen molar-refractivity contribution in [3.63, 3.8) is 0 Å². The Morgan fingerprint density at radius 2 is 2.13 bits per heavy atom.